The van der Waals surface area contributed by atoms with E-state index in [1.54, 1.807) is 0 Å². The van der Waals surface area contributed by atoms with E-state index in [1.807, 2.05) is 10.9 Å². The van der Waals surface area contributed by atoms with Gasteiger partial charge in [-0.25, -0.2) is 0 Å². The number of aromatic amines is 1. The van der Waals surface area contributed by atoms with Crippen molar-refractivity contribution in [2.45, 2.75) is 59.4 Å². The SMILES string of the molecule is CC1=C(Cc2cn(CCc3nn[nH]n3)nn2)C(C)(C)CCC1. The summed E-state index contributed by atoms with van der Waals surface area (Å²) in [6.45, 7) is 7.65. The van der Waals surface area contributed by atoms with Crippen LogP contribution in [0, 0.1) is 5.41 Å². The molecule has 0 atom stereocenters. The fraction of sp³-hybridized carbons (Fsp3) is 0.667. The summed E-state index contributed by atoms with van der Waals surface area (Å²) in [7, 11) is 0. The van der Waals surface area contributed by atoms with Crippen LogP contribution in [-0.4, -0.2) is 35.6 Å². The Balaban J connectivity index is 1.66. The summed E-state index contributed by atoms with van der Waals surface area (Å²) in [6, 6.07) is 0. The average Bonchev–Trinajstić information content (AvgIpc) is 3.12. The molecular weight excluding hydrogens is 278 g/mol. The molecule has 0 spiro atoms. The third-order valence-electron chi connectivity index (χ3n) is 4.58. The zero-order valence-electron chi connectivity index (χ0n) is 13.5. The molecule has 2 heterocycles. The maximum atomic E-state index is 4.32. The number of nitrogens with zero attached hydrogens (tertiary/aromatic N) is 6. The van der Waals surface area contributed by atoms with E-state index in [4.69, 9.17) is 0 Å². The van der Waals surface area contributed by atoms with E-state index in [-0.39, 0.29) is 5.41 Å². The predicted octanol–water partition coefficient (Wildman–Crippen LogP) is 2.10. The van der Waals surface area contributed by atoms with Gasteiger partial charge in [-0.1, -0.05) is 35.4 Å². The summed E-state index contributed by atoms with van der Waals surface area (Å²) >= 11 is 0. The summed E-state index contributed by atoms with van der Waals surface area (Å²) in [5, 5.41) is 22.4. The predicted molar refractivity (Wildman–Crippen MR) is 81.9 cm³/mol. The van der Waals surface area contributed by atoms with E-state index < -0.39 is 0 Å². The summed E-state index contributed by atoms with van der Waals surface area (Å²) < 4.78 is 1.86. The highest BCUT2D eigenvalue weighted by atomic mass is 15.5. The number of allylic oxidation sites excluding steroid dienone is 2. The lowest BCUT2D eigenvalue weighted by Gasteiger charge is -2.34. The Kier molecular flexibility index (Phi) is 4.04. The first-order chi connectivity index (χ1) is 10.5. The minimum atomic E-state index is 0.275. The van der Waals surface area contributed by atoms with Crippen LogP contribution in [0.1, 0.15) is 51.6 Å². The molecule has 0 radical (unpaired) electrons. The number of H-pyrrole nitrogens is 1. The molecule has 3 rings (SSSR count). The highest BCUT2D eigenvalue weighted by Gasteiger charge is 2.28. The van der Waals surface area contributed by atoms with Gasteiger partial charge in [0.1, 0.15) is 0 Å². The molecule has 0 unspecified atom stereocenters. The number of hydrogen-bond acceptors (Lipinski definition) is 5. The average molecular weight is 301 g/mol. The molecule has 0 saturated heterocycles. The highest BCUT2D eigenvalue weighted by Crippen LogP contribution is 2.41. The fourth-order valence-electron chi connectivity index (χ4n) is 3.28. The molecule has 0 aromatic carbocycles. The molecule has 7 nitrogen and oxygen atoms in total. The second-order valence-corrected chi connectivity index (χ2v) is 6.72. The molecule has 2 aromatic heterocycles. The Hall–Kier alpha value is -2.05. The third-order valence-corrected chi connectivity index (χ3v) is 4.58. The summed E-state index contributed by atoms with van der Waals surface area (Å²) in [5.41, 5.74) is 4.37. The molecule has 0 amide bonds. The van der Waals surface area contributed by atoms with E-state index in [0.29, 0.717) is 18.8 Å². The van der Waals surface area contributed by atoms with Gasteiger partial charge in [0.05, 0.1) is 5.69 Å². The second-order valence-electron chi connectivity index (χ2n) is 6.72. The first-order valence-corrected chi connectivity index (χ1v) is 7.85. The van der Waals surface area contributed by atoms with Crippen molar-refractivity contribution in [1.82, 2.24) is 35.6 Å². The van der Waals surface area contributed by atoms with E-state index in [1.165, 1.54) is 30.4 Å². The number of hydrogen-bond donors (Lipinski definition) is 1. The molecule has 0 fully saturated rings. The van der Waals surface area contributed by atoms with Crippen molar-refractivity contribution in [1.29, 1.82) is 0 Å². The van der Waals surface area contributed by atoms with Crippen LogP contribution >= 0.6 is 0 Å². The number of nitrogens with one attached hydrogen (secondary N) is 1. The molecule has 22 heavy (non-hydrogen) atoms. The quantitative estimate of drug-likeness (QED) is 0.855. The van der Waals surface area contributed by atoms with Crippen molar-refractivity contribution >= 4 is 0 Å². The first-order valence-electron chi connectivity index (χ1n) is 7.85. The molecule has 1 aliphatic carbocycles. The van der Waals surface area contributed by atoms with E-state index >= 15 is 0 Å². The lowest BCUT2D eigenvalue weighted by Crippen LogP contribution is -2.22. The van der Waals surface area contributed by atoms with Crippen LogP contribution in [0.3, 0.4) is 0 Å². The monoisotopic (exact) mass is 301 g/mol. The third kappa shape index (κ3) is 3.23. The van der Waals surface area contributed by atoms with Crippen molar-refractivity contribution in [2.75, 3.05) is 0 Å². The van der Waals surface area contributed by atoms with Gasteiger partial charge in [-0.05, 0) is 31.6 Å². The molecule has 118 valence electrons. The van der Waals surface area contributed by atoms with E-state index in [9.17, 15) is 0 Å². The van der Waals surface area contributed by atoms with Gasteiger partial charge in [-0.3, -0.25) is 4.68 Å². The van der Waals surface area contributed by atoms with Crippen LogP contribution in [0.15, 0.2) is 17.3 Å². The second kappa shape index (κ2) is 5.98. The Morgan fingerprint density at radius 2 is 2.18 bits per heavy atom. The van der Waals surface area contributed by atoms with Gasteiger partial charge in [0, 0.05) is 25.6 Å². The fourth-order valence-corrected chi connectivity index (χ4v) is 3.28. The molecule has 0 aliphatic heterocycles. The zero-order chi connectivity index (χ0) is 15.6. The van der Waals surface area contributed by atoms with Crippen LogP contribution in [0.5, 0.6) is 0 Å². The molecule has 1 N–H and O–H groups in total. The maximum Gasteiger partial charge on any atom is 0.176 e. The number of aryl methyl sites for hydroxylation is 2. The molecular formula is C15H23N7. The Morgan fingerprint density at radius 1 is 1.32 bits per heavy atom. The van der Waals surface area contributed by atoms with Crippen molar-refractivity contribution in [2.24, 2.45) is 5.41 Å². The minimum absolute atomic E-state index is 0.275. The summed E-state index contributed by atoms with van der Waals surface area (Å²) in [6.07, 6.45) is 7.40. The van der Waals surface area contributed by atoms with Crippen molar-refractivity contribution < 1.29 is 0 Å². The van der Waals surface area contributed by atoms with Crippen LogP contribution in [0.25, 0.3) is 0 Å². The minimum Gasteiger partial charge on any atom is -0.252 e. The Morgan fingerprint density at radius 3 is 2.91 bits per heavy atom. The smallest absolute Gasteiger partial charge is 0.176 e. The zero-order valence-corrected chi connectivity index (χ0v) is 13.5. The first kappa shape index (κ1) is 14.9. The number of rotatable bonds is 5. The molecule has 2 aromatic rings. The van der Waals surface area contributed by atoms with Gasteiger partial charge in [-0.15, -0.1) is 15.3 Å². The van der Waals surface area contributed by atoms with Crippen LogP contribution in [0.2, 0.25) is 0 Å². The Bertz CT molecular complexity index is 651. The number of tetrazole rings is 1. The molecule has 0 saturated carbocycles. The molecule has 1 aliphatic rings. The Labute approximate surface area is 130 Å². The standard InChI is InChI=1S/C15H23N7/c1-11-5-4-7-15(2,3)13(11)9-12-10-22(21-16-12)8-6-14-17-19-20-18-14/h10H,4-9H2,1-3H3,(H,17,18,19,20). The van der Waals surface area contributed by atoms with Crippen molar-refractivity contribution in [3.05, 3.63) is 28.9 Å². The largest absolute Gasteiger partial charge is 0.252 e. The van der Waals surface area contributed by atoms with Crippen molar-refractivity contribution in [3.8, 4) is 0 Å². The van der Waals surface area contributed by atoms with Gasteiger partial charge in [0.2, 0.25) is 0 Å². The summed E-state index contributed by atoms with van der Waals surface area (Å²) in [5.74, 6) is 0.698. The van der Waals surface area contributed by atoms with Crippen LogP contribution in [0.4, 0.5) is 0 Å². The van der Waals surface area contributed by atoms with Gasteiger partial charge in [0.15, 0.2) is 5.82 Å². The van der Waals surface area contributed by atoms with Gasteiger partial charge in [0.25, 0.3) is 0 Å². The summed E-state index contributed by atoms with van der Waals surface area (Å²) in [4.78, 5) is 0. The van der Waals surface area contributed by atoms with Gasteiger partial charge < -0.3 is 0 Å². The maximum absolute atomic E-state index is 4.32. The molecule has 7 heteroatoms. The van der Waals surface area contributed by atoms with E-state index in [0.717, 1.165) is 12.1 Å². The normalized spacial score (nSPS) is 18.0. The van der Waals surface area contributed by atoms with Crippen molar-refractivity contribution in [3.63, 3.8) is 0 Å². The lowest BCUT2D eigenvalue weighted by atomic mass is 9.71. The van der Waals surface area contributed by atoms with E-state index in [2.05, 4.69) is 51.7 Å². The lowest BCUT2D eigenvalue weighted by molar-refractivity contribution is 0.358. The van der Waals surface area contributed by atoms with Gasteiger partial charge >= 0.3 is 0 Å². The van der Waals surface area contributed by atoms with Gasteiger partial charge in [-0.2, -0.15) is 5.21 Å². The highest BCUT2D eigenvalue weighted by molar-refractivity contribution is 5.26. The topological polar surface area (TPSA) is 85.2 Å². The van der Waals surface area contributed by atoms with Crippen LogP contribution in [-0.2, 0) is 19.4 Å². The number of aromatic nitrogens is 7. The van der Waals surface area contributed by atoms with Crippen LogP contribution < -0.4 is 0 Å². The molecule has 0 bridgehead atoms.